The number of halogens is 1. The number of carbonyl (C=O) groups excluding carboxylic acids is 1. The van der Waals surface area contributed by atoms with Crippen LogP contribution in [0.1, 0.15) is 37.7 Å². The van der Waals surface area contributed by atoms with Crippen molar-refractivity contribution in [3.63, 3.8) is 0 Å². The van der Waals surface area contributed by atoms with Crippen molar-refractivity contribution in [1.29, 1.82) is 0 Å². The highest BCUT2D eigenvalue weighted by Gasteiger charge is 2.20. The summed E-state index contributed by atoms with van der Waals surface area (Å²) in [5.41, 5.74) is 4.24. The van der Waals surface area contributed by atoms with Gasteiger partial charge in [0.25, 0.3) is 5.91 Å². The van der Waals surface area contributed by atoms with Crippen LogP contribution in [0.15, 0.2) is 41.8 Å². The maximum Gasteiger partial charge on any atom is 0.257 e. The van der Waals surface area contributed by atoms with E-state index in [-0.39, 0.29) is 18.0 Å². The summed E-state index contributed by atoms with van der Waals surface area (Å²) in [7, 11) is 1.57. The Hall–Kier alpha value is -2.77. The summed E-state index contributed by atoms with van der Waals surface area (Å²) in [5.74, 6) is -0.0661. The minimum absolute atomic E-state index is 0.0441. The molecule has 1 amide bonds. The molecule has 1 aromatic heterocycles. The van der Waals surface area contributed by atoms with Crippen molar-refractivity contribution in [1.82, 2.24) is 9.88 Å². The van der Waals surface area contributed by atoms with E-state index in [1.54, 1.807) is 24.1 Å². The van der Waals surface area contributed by atoms with Crippen LogP contribution in [0.3, 0.4) is 0 Å². The number of benzene rings is 2. The van der Waals surface area contributed by atoms with E-state index in [1.807, 2.05) is 25.3 Å². The molecule has 1 heterocycles. The van der Waals surface area contributed by atoms with Crippen LogP contribution in [0.5, 0.6) is 5.75 Å². The highest BCUT2D eigenvalue weighted by molar-refractivity contribution is 7.09. The minimum atomic E-state index is -0.536. The average Bonchev–Trinajstić information content (AvgIpc) is 3.20. The summed E-state index contributed by atoms with van der Waals surface area (Å²) in [5, 5.41) is 2.72. The van der Waals surface area contributed by atoms with Crippen LogP contribution in [0, 0.1) is 26.6 Å². The second-order valence-corrected chi connectivity index (χ2v) is 8.37. The van der Waals surface area contributed by atoms with Gasteiger partial charge in [-0.3, -0.25) is 4.79 Å². The number of nitrogens with zero attached hydrogens (tertiary/aromatic N) is 2. The fourth-order valence-electron chi connectivity index (χ4n) is 3.23. The van der Waals surface area contributed by atoms with Gasteiger partial charge in [-0.25, -0.2) is 9.37 Å². The molecule has 0 aliphatic carbocycles. The SMILES string of the molecule is COCCN(Cc1csc(COc2cc(C)cc(C)c2C)n1)C(=O)c1ccccc1F. The molecule has 7 heteroatoms. The number of amides is 1. The first kappa shape index (κ1) is 22.9. The Kier molecular flexibility index (Phi) is 7.76. The van der Waals surface area contributed by atoms with E-state index in [1.165, 1.54) is 29.0 Å². The standard InChI is InChI=1S/C24H27FN2O3S/c1-16-11-17(2)18(3)22(12-16)30-14-23-26-19(15-31-23)13-27(9-10-29-4)24(28)20-7-5-6-8-21(20)25/h5-8,11-12,15H,9-10,13-14H2,1-4H3. The zero-order chi connectivity index (χ0) is 22.4. The molecule has 0 fully saturated rings. The van der Waals surface area contributed by atoms with Gasteiger partial charge in [-0.15, -0.1) is 11.3 Å². The fraction of sp³-hybridized carbons (Fsp3) is 0.333. The molecule has 0 radical (unpaired) electrons. The Balaban J connectivity index is 1.69. The van der Waals surface area contributed by atoms with Crippen LogP contribution < -0.4 is 4.74 Å². The lowest BCUT2D eigenvalue weighted by molar-refractivity contribution is 0.0673. The highest BCUT2D eigenvalue weighted by atomic mass is 32.1. The Morgan fingerprint density at radius 3 is 2.71 bits per heavy atom. The molecule has 3 rings (SSSR count). The van der Waals surface area contributed by atoms with Crippen LogP contribution in [0.4, 0.5) is 4.39 Å². The molecule has 0 saturated carbocycles. The van der Waals surface area contributed by atoms with Crippen LogP contribution in [0.25, 0.3) is 0 Å². The molecule has 0 aliphatic rings. The first-order valence-corrected chi connectivity index (χ1v) is 10.9. The van der Waals surface area contributed by atoms with Gasteiger partial charge in [0.1, 0.15) is 23.2 Å². The maximum absolute atomic E-state index is 14.1. The van der Waals surface area contributed by atoms with Gasteiger partial charge < -0.3 is 14.4 Å². The third-order valence-electron chi connectivity index (χ3n) is 5.02. The predicted molar refractivity (Wildman–Crippen MR) is 120 cm³/mol. The van der Waals surface area contributed by atoms with Gasteiger partial charge in [0.15, 0.2) is 0 Å². The van der Waals surface area contributed by atoms with Crippen molar-refractivity contribution < 1.29 is 18.7 Å². The lowest BCUT2D eigenvalue weighted by Gasteiger charge is -2.21. The lowest BCUT2D eigenvalue weighted by Crippen LogP contribution is -2.34. The summed E-state index contributed by atoms with van der Waals surface area (Å²) in [6, 6.07) is 10.1. The van der Waals surface area contributed by atoms with Gasteiger partial charge in [0, 0.05) is 19.0 Å². The van der Waals surface area contributed by atoms with E-state index in [4.69, 9.17) is 9.47 Å². The third-order valence-corrected chi connectivity index (χ3v) is 5.90. The van der Waals surface area contributed by atoms with Gasteiger partial charge in [0.05, 0.1) is 24.4 Å². The zero-order valence-corrected chi connectivity index (χ0v) is 19.1. The molecule has 0 bridgehead atoms. The van der Waals surface area contributed by atoms with Crippen molar-refractivity contribution in [3.8, 4) is 5.75 Å². The minimum Gasteiger partial charge on any atom is -0.486 e. The molecule has 0 unspecified atom stereocenters. The number of carbonyl (C=O) groups is 1. The highest BCUT2D eigenvalue weighted by Crippen LogP contribution is 2.25. The predicted octanol–water partition coefficient (Wildman–Crippen LogP) is 5.08. The second-order valence-electron chi connectivity index (χ2n) is 7.43. The number of aromatic nitrogens is 1. The molecule has 5 nitrogen and oxygen atoms in total. The molecule has 0 saturated heterocycles. The summed E-state index contributed by atoms with van der Waals surface area (Å²) >= 11 is 1.48. The second kappa shape index (κ2) is 10.5. The first-order valence-electron chi connectivity index (χ1n) is 10.1. The number of methoxy groups -OCH3 is 1. The molecule has 31 heavy (non-hydrogen) atoms. The van der Waals surface area contributed by atoms with E-state index in [0.717, 1.165) is 27.6 Å². The van der Waals surface area contributed by atoms with E-state index in [0.29, 0.717) is 19.8 Å². The van der Waals surface area contributed by atoms with Crippen LogP contribution in [-0.2, 0) is 17.9 Å². The van der Waals surface area contributed by atoms with E-state index in [9.17, 15) is 9.18 Å². The Morgan fingerprint density at radius 1 is 1.19 bits per heavy atom. The molecule has 0 atom stereocenters. The molecular formula is C24H27FN2O3S. The Bertz CT molecular complexity index is 1050. The largest absolute Gasteiger partial charge is 0.486 e. The molecule has 3 aromatic rings. The van der Waals surface area contributed by atoms with Gasteiger partial charge in [-0.2, -0.15) is 0 Å². The van der Waals surface area contributed by atoms with E-state index < -0.39 is 5.82 Å². The number of thiazole rings is 1. The Morgan fingerprint density at radius 2 is 1.97 bits per heavy atom. The molecule has 2 aromatic carbocycles. The maximum atomic E-state index is 14.1. The smallest absolute Gasteiger partial charge is 0.257 e. The number of ether oxygens (including phenoxy) is 2. The van der Waals surface area contributed by atoms with Crippen molar-refractivity contribution in [2.24, 2.45) is 0 Å². The average molecular weight is 443 g/mol. The monoisotopic (exact) mass is 442 g/mol. The lowest BCUT2D eigenvalue weighted by atomic mass is 10.1. The van der Waals surface area contributed by atoms with Crippen LogP contribution >= 0.6 is 11.3 Å². The summed E-state index contributed by atoms with van der Waals surface area (Å²) in [6.45, 7) is 7.48. The summed E-state index contributed by atoms with van der Waals surface area (Å²) in [6.07, 6.45) is 0. The van der Waals surface area contributed by atoms with Crippen molar-refractivity contribution in [2.45, 2.75) is 33.9 Å². The molecule has 164 valence electrons. The van der Waals surface area contributed by atoms with Crippen molar-refractivity contribution >= 4 is 17.2 Å². The van der Waals surface area contributed by atoms with Crippen LogP contribution in [-0.4, -0.2) is 36.1 Å². The number of aryl methyl sites for hydroxylation is 2. The zero-order valence-electron chi connectivity index (χ0n) is 18.3. The summed E-state index contributed by atoms with van der Waals surface area (Å²) < 4.78 is 25.2. The molecular weight excluding hydrogens is 415 g/mol. The number of hydrogen-bond acceptors (Lipinski definition) is 5. The third kappa shape index (κ3) is 5.89. The normalized spacial score (nSPS) is 10.9. The molecule has 0 spiro atoms. The number of hydrogen-bond donors (Lipinski definition) is 0. The first-order chi connectivity index (χ1) is 14.9. The van der Waals surface area contributed by atoms with Crippen molar-refractivity contribution in [2.75, 3.05) is 20.3 Å². The molecule has 0 N–H and O–H groups in total. The fourth-order valence-corrected chi connectivity index (χ4v) is 3.93. The van der Waals surface area contributed by atoms with E-state index >= 15 is 0 Å². The number of rotatable bonds is 9. The van der Waals surface area contributed by atoms with Gasteiger partial charge in [0.2, 0.25) is 0 Å². The van der Waals surface area contributed by atoms with Gasteiger partial charge >= 0.3 is 0 Å². The van der Waals surface area contributed by atoms with Crippen molar-refractivity contribution in [3.05, 3.63) is 80.6 Å². The van der Waals surface area contributed by atoms with E-state index in [2.05, 4.69) is 18.0 Å². The summed E-state index contributed by atoms with van der Waals surface area (Å²) in [4.78, 5) is 19.0. The van der Waals surface area contributed by atoms with Gasteiger partial charge in [-0.05, 0) is 55.7 Å². The topological polar surface area (TPSA) is 51.7 Å². The quantitative estimate of drug-likeness (QED) is 0.464. The Labute approximate surface area is 186 Å². The van der Waals surface area contributed by atoms with Crippen LogP contribution in [0.2, 0.25) is 0 Å². The molecule has 0 aliphatic heterocycles. The van der Waals surface area contributed by atoms with Gasteiger partial charge in [-0.1, -0.05) is 18.2 Å².